The highest BCUT2D eigenvalue weighted by molar-refractivity contribution is 6.30. The van der Waals surface area contributed by atoms with Crippen LogP contribution in [-0.4, -0.2) is 92.8 Å². The average Bonchev–Trinajstić information content (AvgIpc) is 3.80. The first-order chi connectivity index (χ1) is 27.4. The quantitative estimate of drug-likeness (QED) is 0.171. The van der Waals surface area contributed by atoms with Crippen LogP contribution in [-0.2, 0) is 29.1 Å². The number of nitrogens with one attached hydrogen (secondary N) is 2. The molecule has 57 heavy (non-hydrogen) atoms. The third kappa shape index (κ3) is 6.66. The number of anilines is 3. The van der Waals surface area contributed by atoms with Gasteiger partial charge in [-0.25, -0.2) is 18.3 Å². The van der Waals surface area contributed by atoms with Gasteiger partial charge in [0, 0.05) is 74.7 Å². The Morgan fingerprint density at radius 1 is 0.982 bits per heavy atom. The summed E-state index contributed by atoms with van der Waals surface area (Å²) in [4.78, 5) is 51.3. The lowest BCUT2D eigenvalue weighted by Gasteiger charge is -2.57. The Hall–Kier alpha value is -5.51. The van der Waals surface area contributed by atoms with E-state index in [9.17, 15) is 14.4 Å². The van der Waals surface area contributed by atoms with Gasteiger partial charge in [0.1, 0.15) is 5.69 Å². The Bertz CT molecular complexity index is 2430. The number of benzene rings is 2. The van der Waals surface area contributed by atoms with Gasteiger partial charge in [-0.15, -0.1) is 5.10 Å². The van der Waals surface area contributed by atoms with Gasteiger partial charge in [-0.1, -0.05) is 35.9 Å². The number of primary amides is 1. The average molecular weight is 795 g/mol. The maximum absolute atomic E-state index is 15.9. The van der Waals surface area contributed by atoms with Crippen LogP contribution in [0.1, 0.15) is 57.9 Å². The molecule has 5 aromatic rings. The van der Waals surface area contributed by atoms with Crippen molar-refractivity contribution in [3.63, 3.8) is 0 Å². The number of nitrogens with zero attached hydrogens (tertiary/aromatic N) is 7. The van der Waals surface area contributed by atoms with E-state index < -0.39 is 23.2 Å². The molecule has 13 nitrogen and oxygen atoms in total. The molecule has 0 radical (unpaired) electrons. The topological polar surface area (TPSA) is 154 Å². The Balaban J connectivity index is 0.838. The van der Waals surface area contributed by atoms with Gasteiger partial charge in [0.15, 0.2) is 11.5 Å². The monoisotopic (exact) mass is 794 g/mol. The van der Waals surface area contributed by atoms with Crippen LogP contribution in [0.15, 0.2) is 67.0 Å². The first-order valence-corrected chi connectivity index (χ1v) is 19.4. The van der Waals surface area contributed by atoms with Gasteiger partial charge in [0.05, 0.1) is 35.5 Å². The summed E-state index contributed by atoms with van der Waals surface area (Å²) in [5.74, 6) is -3.99. The minimum absolute atomic E-state index is 0.197. The van der Waals surface area contributed by atoms with E-state index in [4.69, 9.17) is 27.4 Å². The van der Waals surface area contributed by atoms with Crippen LogP contribution in [0.25, 0.3) is 16.9 Å². The fourth-order valence-electron chi connectivity index (χ4n) is 9.05. The molecule has 3 fully saturated rings. The van der Waals surface area contributed by atoms with Crippen molar-refractivity contribution < 1.29 is 23.2 Å². The van der Waals surface area contributed by atoms with Crippen molar-refractivity contribution in [3.05, 3.63) is 100.0 Å². The number of halogens is 3. The summed E-state index contributed by atoms with van der Waals surface area (Å²) in [6, 6.07) is 17.3. The van der Waals surface area contributed by atoms with Crippen molar-refractivity contribution in [1.29, 1.82) is 0 Å². The predicted molar refractivity (Wildman–Crippen MR) is 211 cm³/mol. The molecule has 3 amide bonds. The number of nitrogens with two attached hydrogens (primary N) is 1. The largest absolute Gasteiger partial charge is 0.385 e. The van der Waals surface area contributed by atoms with Gasteiger partial charge in [-0.3, -0.25) is 34.5 Å². The Labute approximate surface area is 332 Å². The van der Waals surface area contributed by atoms with Crippen LogP contribution in [0, 0.1) is 5.41 Å². The number of imide groups is 1. The third-order valence-corrected chi connectivity index (χ3v) is 12.2. The van der Waals surface area contributed by atoms with E-state index in [0.29, 0.717) is 79.8 Å². The fraction of sp³-hybridized carbons (Fsp3) is 0.366. The Morgan fingerprint density at radius 3 is 2.54 bits per heavy atom. The van der Waals surface area contributed by atoms with E-state index in [-0.39, 0.29) is 30.5 Å². The van der Waals surface area contributed by atoms with E-state index in [1.807, 2.05) is 42.6 Å². The molecule has 4 N–H and O–H groups in total. The fourth-order valence-corrected chi connectivity index (χ4v) is 9.32. The first-order valence-electron chi connectivity index (χ1n) is 19.1. The minimum atomic E-state index is -2.88. The second-order valence-electron chi connectivity index (χ2n) is 15.7. The highest BCUT2D eigenvalue weighted by Crippen LogP contribution is 2.51. The normalized spacial score (nSPS) is 20.4. The van der Waals surface area contributed by atoms with Gasteiger partial charge < -0.3 is 16.0 Å². The summed E-state index contributed by atoms with van der Waals surface area (Å²) in [6.07, 6.45) is 5.04. The summed E-state index contributed by atoms with van der Waals surface area (Å²) >= 11 is 6.40. The van der Waals surface area contributed by atoms with Crippen molar-refractivity contribution in [3.8, 4) is 11.3 Å². The molecule has 3 saturated heterocycles. The van der Waals surface area contributed by atoms with Gasteiger partial charge in [0.2, 0.25) is 11.8 Å². The highest BCUT2D eigenvalue weighted by atomic mass is 35.5. The van der Waals surface area contributed by atoms with E-state index in [1.54, 1.807) is 24.1 Å². The van der Waals surface area contributed by atoms with Crippen molar-refractivity contribution >= 4 is 52.2 Å². The zero-order valence-electron chi connectivity index (χ0n) is 31.3. The van der Waals surface area contributed by atoms with Crippen LogP contribution in [0.2, 0.25) is 5.02 Å². The number of amides is 3. The molecule has 7 heterocycles. The number of pyridine rings is 1. The van der Waals surface area contributed by atoms with Gasteiger partial charge in [0.25, 0.3) is 11.8 Å². The number of rotatable bonds is 9. The van der Waals surface area contributed by atoms with E-state index in [1.165, 1.54) is 10.7 Å². The molecule has 294 valence electrons. The third-order valence-electron chi connectivity index (χ3n) is 12.0. The minimum Gasteiger partial charge on any atom is -0.385 e. The number of hydrogen-bond donors (Lipinski definition) is 3. The van der Waals surface area contributed by atoms with E-state index in [2.05, 4.69) is 31.5 Å². The summed E-state index contributed by atoms with van der Waals surface area (Å²) in [5, 5.41) is 10.7. The Morgan fingerprint density at radius 2 is 1.81 bits per heavy atom. The number of hydrogen-bond acceptors (Lipinski definition) is 10. The number of fused-ring (bicyclic) bond motifs is 2. The van der Waals surface area contributed by atoms with Crippen molar-refractivity contribution in [2.24, 2.45) is 11.1 Å². The van der Waals surface area contributed by atoms with Gasteiger partial charge in [-0.2, -0.15) is 0 Å². The maximum Gasteiger partial charge on any atom is 0.269 e. The van der Waals surface area contributed by atoms with Gasteiger partial charge in [-0.05, 0) is 72.3 Å². The first kappa shape index (κ1) is 37.1. The molecule has 0 aliphatic carbocycles. The SMILES string of the molecule is CNc1cc(N2CCc3c(-c4ccc(CN5CC6(CCN(Cc7cc(Cl)cc(C8CCC(=O)NC8=O)c7)CC6(F)F)C5)cn4)cccc32)nn2c(C(N)=O)cnc12. The number of imidazole rings is 1. The highest BCUT2D eigenvalue weighted by Gasteiger charge is 2.62. The second-order valence-corrected chi connectivity index (χ2v) is 16.1. The lowest BCUT2D eigenvalue weighted by molar-refractivity contribution is -0.227. The van der Waals surface area contributed by atoms with Crippen LogP contribution >= 0.6 is 11.6 Å². The molecule has 3 aromatic heterocycles. The molecule has 1 atom stereocenters. The predicted octanol–water partition coefficient (Wildman–Crippen LogP) is 5.14. The van der Waals surface area contributed by atoms with Crippen molar-refractivity contribution in [2.75, 3.05) is 50.0 Å². The zero-order valence-corrected chi connectivity index (χ0v) is 32.0. The van der Waals surface area contributed by atoms with Crippen molar-refractivity contribution in [1.82, 2.24) is 34.7 Å². The number of piperidine rings is 2. The van der Waals surface area contributed by atoms with Crippen LogP contribution in [0.5, 0.6) is 0 Å². The molecule has 4 aliphatic rings. The standard InChI is InChI=1S/C41H41ClF2N10O3/c1-46-32-16-35(50-54-34(37(45)56)18-48-38(32)54)53-11-9-30-29(3-2-4-33(30)53)31-7-5-24(17-47-31)19-52-21-40(22-52)10-12-51(23-41(40,43)44)20-25-13-26(15-27(42)14-25)28-6-8-36(55)49-39(28)57/h2-5,7,13-18,28,46H,6,8-12,19-23H2,1H3,(H2,45,56)(H,49,55,57). The van der Waals surface area contributed by atoms with E-state index in [0.717, 1.165) is 40.1 Å². The van der Waals surface area contributed by atoms with E-state index >= 15 is 8.78 Å². The number of likely N-dealkylation sites (tertiary alicyclic amines) is 2. The summed E-state index contributed by atoms with van der Waals surface area (Å²) < 4.78 is 33.3. The zero-order chi connectivity index (χ0) is 39.6. The van der Waals surface area contributed by atoms with Gasteiger partial charge >= 0.3 is 0 Å². The molecule has 1 unspecified atom stereocenters. The maximum atomic E-state index is 15.9. The summed E-state index contributed by atoms with van der Waals surface area (Å²) in [6.45, 7) is 2.30. The Kier molecular flexibility index (Phi) is 9.21. The number of carbonyl (C=O) groups is 3. The molecular weight excluding hydrogens is 754 g/mol. The molecule has 0 bridgehead atoms. The summed E-state index contributed by atoms with van der Waals surface area (Å²) in [5.41, 5.74) is 12.3. The molecule has 1 spiro atoms. The number of aromatic nitrogens is 4. The molecule has 9 rings (SSSR count). The molecule has 2 aromatic carbocycles. The molecular formula is C41H41ClF2N10O3. The van der Waals surface area contributed by atoms with Crippen LogP contribution in [0.4, 0.5) is 26.0 Å². The second kappa shape index (κ2) is 14.1. The van der Waals surface area contributed by atoms with Crippen molar-refractivity contribution in [2.45, 2.75) is 50.6 Å². The van der Waals surface area contributed by atoms with Crippen LogP contribution in [0.3, 0.4) is 0 Å². The number of carbonyl (C=O) groups excluding carboxylic acids is 3. The smallest absolute Gasteiger partial charge is 0.269 e. The molecule has 4 aliphatic heterocycles. The lowest BCUT2D eigenvalue weighted by Crippen LogP contribution is -2.69. The van der Waals surface area contributed by atoms with Crippen LogP contribution < -0.4 is 21.3 Å². The number of alkyl halides is 2. The molecule has 0 saturated carbocycles. The molecule has 16 heteroatoms. The summed E-state index contributed by atoms with van der Waals surface area (Å²) in [7, 11) is 1.79. The lowest BCUT2D eigenvalue weighted by atomic mass is 9.69.